The molecule has 14 heavy (non-hydrogen) atoms. The minimum absolute atomic E-state index is 0.0955. The lowest BCUT2D eigenvalue weighted by atomic mass is 10.2. The quantitative estimate of drug-likeness (QED) is 0.728. The summed E-state index contributed by atoms with van der Waals surface area (Å²) in [7, 11) is 0. The summed E-state index contributed by atoms with van der Waals surface area (Å²) in [6.45, 7) is 0.489. The number of carbonyl (C=O) groups is 1. The fraction of sp³-hybridized carbons (Fsp3) is 0.200. The normalized spacial score (nSPS) is 9.43. The second-order valence-corrected chi connectivity index (χ2v) is 3.36. The van der Waals surface area contributed by atoms with Gasteiger partial charge in [-0.25, -0.2) is 0 Å². The lowest BCUT2D eigenvalue weighted by Crippen LogP contribution is -2.27. The SMILES string of the molecule is NC(=S)CCNC(=O)c1ccccc1. The van der Waals surface area contributed by atoms with Crippen molar-refractivity contribution < 1.29 is 4.79 Å². The molecule has 0 fully saturated rings. The van der Waals surface area contributed by atoms with Crippen LogP contribution in [0.1, 0.15) is 16.8 Å². The Balaban J connectivity index is 2.40. The third-order valence-corrected chi connectivity index (χ3v) is 1.90. The Kier molecular flexibility index (Phi) is 4.07. The average Bonchev–Trinajstić information content (AvgIpc) is 2.18. The Labute approximate surface area is 88.3 Å². The predicted molar refractivity (Wildman–Crippen MR) is 60.2 cm³/mol. The zero-order valence-corrected chi connectivity index (χ0v) is 8.51. The molecular formula is C10H12N2OS. The molecule has 0 aromatic heterocycles. The number of carbonyl (C=O) groups excluding carboxylic acids is 1. The lowest BCUT2D eigenvalue weighted by molar-refractivity contribution is 0.0955. The Hall–Kier alpha value is -1.42. The molecule has 0 aliphatic carbocycles. The molecular weight excluding hydrogens is 196 g/mol. The zero-order valence-electron chi connectivity index (χ0n) is 7.69. The molecule has 0 atom stereocenters. The maximum Gasteiger partial charge on any atom is 0.251 e. The molecule has 1 amide bonds. The van der Waals surface area contributed by atoms with E-state index in [2.05, 4.69) is 5.32 Å². The maximum atomic E-state index is 11.4. The van der Waals surface area contributed by atoms with Crippen molar-refractivity contribution in [3.8, 4) is 0 Å². The molecule has 0 unspecified atom stereocenters. The number of hydrogen-bond acceptors (Lipinski definition) is 2. The fourth-order valence-corrected chi connectivity index (χ4v) is 1.09. The second-order valence-electron chi connectivity index (χ2n) is 2.84. The van der Waals surface area contributed by atoms with Crippen LogP contribution in [0.25, 0.3) is 0 Å². The van der Waals surface area contributed by atoms with Crippen LogP contribution in [0, 0.1) is 0 Å². The van der Waals surface area contributed by atoms with Crippen LogP contribution in [0.3, 0.4) is 0 Å². The Morgan fingerprint density at radius 3 is 2.57 bits per heavy atom. The van der Waals surface area contributed by atoms with Gasteiger partial charge in [0.15, 0.2) is 0 Å². The second kappa shape index (κ2) is 5.34. The lowest BCUT2D eigenvalue weighted by Gasteiger charge is -2.03. The van der Waals surface area contributed by atoms with Gasteiger partial charge in [-0.1, -0.05) is 30.4 Å². The van der Waals surface area contributed by atoms with Gasteiger partial charge >= 0.3 is 0 Å². The first-order chi connectivity index (χ1) is 6.70. The summed E-state index contributed by atoms with van der Waals surface area (Å²) in [6.07, 6.45) is 0.536. The van der Waals surface area contributed by atoms with Crippen molar-refractivity contribution in [2.45, 2.75) is 6.42 Å². The summed E-state index contributed by atoms with van der Waals surface area (Å²) in [6, 6.07) is 9.03. The smallest absolute Gasteiger partial charge is 0.251 e. The van der Waals surface area contributed by atoms with E-state index in [9.17, 15) is 4.79 Å². The van der Waals surface area contributed by atoms with Gasteiger partial charge in [0.05, 0.1) is 4.99 Å². The summed E-state index contributed by atoms with van der Waals surface area (Å²) in [5.41, 5.74) is 5.95. The van der Waals surface area contributed by atoms with Crippen molar-refractivity contribution in [2.75, 3.05) is 6.54 Å². The molecule has 0 saturated heterocycles. The Morgan fingerprint density at radius 2 is 2.00 bits per heavy atom. The highest BCUT2D eigenvalue weighted by Gasteiger charge is 2.02. The predicted octanol–water partition coefficient (Wildman–Crippen LogP) is 1.09. The van der Waals surface area contributed by atoms with Crippen LogP contribution in [-0.2, 0) is 0 Å². The molecule has 4 heteroatoms. The number of thiocarbonyl (C=S) groups is 1. The van der Waals surface area contributed by atoms with Gasteiger partial charge in [-0.05, 0) is 12.1 Å². The summed E-state index contributed by atoms with van der Waals surface area (Å²) < 4.78 is 0. The number of benzene rings is 1. The summed E-state index contributed by atoms with van der Waals surface area (Å²) in [5, 5.41) is 2.72. The molecule has 0 bridgehead atoms. The van der Waals surface area contributed by atoms with Crippen LogP contribution < -0.4 is 11.1 Å². The summed E-state index contributed by atoms with van der Waals surface area (Å²) in [5.74, 6) is -0.0955. The number of hydrogen-bond donors (Lipinski definition) is 2. The van der Waals surface area contributed by atoms with Crippen molar-refractivity contribution in [2.24, 2.45) is 5.73 Å². The zero-order chi connectivity index (χ0) is 10.4. The van der Waals surface area contributed by atoms with Crippen LogP contribution >= 0.6 is 12.2 Å². The Morgan fingerprint density at radius 1 is 1.36 bits per heavy atom. The molecule has 3 N–H and O–H groups in total. The molecule has 1 rings (SSSR count). The third kappa shape index (κ3) is 3.53. The molecule has 0 saturated carbocycles. The number of nitrogens with two attached hydrogens (primary N) is 1. The molecule has 0 aliphatic rings. The number of amides is 1. The Bertz CT molecular complexity index is 324. The first-order valence-electron chi connectivity index (χ1n) is 4.31. The van der Waals surface area contributed by atoms with E-state index in [1.54, 1.807) is 12.1 Å². The fourth-order valence-electron chi connectivity index (χ4n) is 0.991. The van der Waals surface area contributed by atoms with Crippen molar-refractivity contribution in [1.29, 1.82) is 0 Å². The molecule has 0 aliphatic heterocycles. The van der Waals surface area contributed by atoms with Gasteiger partial charge in [0, 0.05) is 18.5 Å². The minimum Gasteiger partial charge on any atom is -0.393 e. The standard InChI is InChI=1S/C10H12N2OS/c11-9(14)6-7-12-10(13)8-4-2-1-3-5-8/h1-5H,6-7H2,(H2,11,14)(H,12,13). The van der Waals surface area contributed by atoms with E-state index in [0.717, 1.165) is 0 Å². The molecule has 0 spiro atoms. The van der Waals surface area contributed by atoms with Gasteiger partial charge in [0.2, 0.25) is 0 Å². The molecule has 3 nitrogen and oxygen atoms in total. The minimum atomic E-state index is -0.0955. The van der Waals surface area contributed by atoms with Crippen LogP contribution in [0.4, 0.5) is 0 Å². The third-order valence-electron chi connectivity index (χ3n) is 1.69. The topological polar surface area (TPSA) is 55.1 Å². The van der Waals surface area contributed by atoms with Crippen molar-refractivity contribution in [3.63, 3.8) is 0 Å². The van der Waals surface area contributed by atoms with Gasteiger partial charge < -0.3 is 11.1 Å². The van der Waals surface area contributed by atoms with Crippen LogP contribution in [0.5, 0.6) is 0 Å². The number of nitrogens with one attached hydrogen (secondary N) is 1. The molecule has 1 aromatic carbocycles. The molecule has 0 heterocycles. The van der Waals surface area contributed by atoms with E-state index in [1.165, 1.54) is 0 Å². The highest BCUT2D eigenvalue weighted by Crippen LogP contribution is 1.97. The average molecular weight is 208 g/mol. The van der Waals surface area contributed by atoms with Gasteiger partial charge in [-0.15, -0.1) is 0 Å². The van der Waals surface area contributed by atoms with E-state index in [1.807, 2.05) is 18.2 Å². The van der Waals surface area contributed by atoms with Gasteiger partial charge in [0.25, 0.3) is 5.91 Å². The van der Waals surface area contributed by atoms with Crippen LogP contribution in [0.15, 0.2) is 30.3 Å². The highest BCUT2D eigenvalue weighted by atomic mass is 32.1. The molecule has 1 aromatic rings. The summed E-state index contributed by atoms with van der Waals surface area (Å²) >= 11 is 4.69. The van der Waals surface area contributed by atoms with E-state index < -0.39 is 0 Å². The molecule has 74 valence electrons. The monoisotopic (exact) mass is 208 g/mol. The van der Waals surface area contributed by atoms with Crippen molar-refractivity contribution >= 4 is 23.1 Å². The van der Waals surface area contributed by atoms with Crippen LogP contribution in [-0.4, -0.2) is 17.4 Å². The van der Waals surface area contributed by atoms with E-state index in [4.69, 9.17) is 18.0 Å². The summed E-state index contributed by atoms with van der Waals surface area (Å²) in [4.78, 5) is 11.8. The van der Waals surface area contributed by atoms with Gasteiger partial charge in [0.1, 0.15) is 0 Å². The van der Waals surface area contributed by atoms with E-state index >= 15 is 0 Å². The first kappa shape index (κ1) is 10.7. The van der Waals surface area contributed by atoms with E-state index in [0.29, 0.717) is 23.5 Å². The van der Waals surface area contributed by atoms with E-state index in [-0.39, 0.29) is 5.91 Å². The number of rotatable bonds is 4. The van der Waals surface area contributed by atoms with Crippen LogP contribution in [0.2, 0.25) is 0 Å². The maximum absolute atomic E-state index is 11.4. The molecule has 0 radical (unpaired) electrons. The van der Waals surface area contributed by atoms with Crippen molar-refractivity contribution in [3.05, 3.63) is 35.9 Å². The first-order valence-corrected chi connectivity index (χ1v) is 4.72. The van der Waals surface area contributed by atoms with Gasteiger partial charge in [-0.3, -0.25) is 4.79 Å². The largest absolute Gasteiger partial charge is 0.393 e. The van der Waals surface area contributed by atoms with Crippen molar-refractivity contribution in [1.82, 2.24) is 5.32 Å². The van der Waals surface area contributed by atoms with Gasteiger partial charge in [-0.2, -0.15) is 0 Å². The highest BCUT2D eigenvalue weighted by molar-refractivity contribution is 7.80.